The Balaban J connectivity index is 1.70. The van der Waals surface area contributed by atoms with Crippen molar-refractivity contribution in [1.82, 2.24) is 5.32 Å². The number of anilines is 1. The van der Waals surface area contributed by atoms with Gasteiger partial charge in [-0.05, 0) is 54.6 Å². The Hall–Kier alpha value is -2.64. The number of hydrogen-bond donors (Lipinski definition) is 2. The third-order valence-electron chi connectivity index (χ3n) is 4.07. The second-order valence-electron chi connectivity index (χ2n) is 6.23. The summed E-state index contributed by atoms with van der Waals surface area (Å²) in [5, 5.41) is 4.58. The number of carbonyl (C=O) groups excluding carboxylic acids is 1. The molecule has 3 aromatic rings. The van der Waals surface area contributed by atoms with Gasteiger partial charge in [-0.3, -0.25) is 9.52 Å². The number of nitrogens with one attached hydrogen (secondary N) is 2. The summed E-state index contributed by atoms with van der Waals surface area (Å²) in [5.41, 5.74) is 4.08. The van der Waals surface area contributed by atoms with Crippen molar-refractivity contribution in [3.8, 4) is 0 Å². The van der Waals surface area contributed by atoms with Crippen LogP contribution in [0, 0.1) is 13.8 Å². The van der Waals surface area contributed by atoms with E-state index in [1.165, 1.54) is 17.7 Å². The Morgan fingerprint density at radius 2 is 1.85 bits per heavy atom. The van der Waals surface area contributed by atoms with Crippen LogP contribution in [0.2, 0.25) is 0 Å². The third kappa shape index (κ3) is 4.75. The van der Waals surface area contributed by atoms with Crippen LogP contribution in [0.15, 0.2) is 64.2 Å². The molecule has 2 N–H and O–H groups in total. The van der Waals surface area contributed by atoms with E-state index < -0.39 is 10.0 Å². The van der Waals surface area contributed by atoms with Gasteiger partial charge in [0.2, 0.25) is 0 Å². The molecule has 0 aliphatic rings. The molecule has 0 aliphatic carbocycles. The Labute approximate surface area is 163 Å². The molecule has 0 saturated carbocycles. The van der Waals surface area contributed by atoms with Gasteiger partial charge in [0, 0.05) is 17.8 Å². The Kier molecular flexibility index (Phi) is 5.62. The number of thiophene rings is 1. The van der Waals surface area contributed by atoms with Crippen molar-refractivity contribution >= 4 is 33.0 Å². The summed E-state index contributed by atoms with van der Waals surface area (Å²) in [4.78, 5) is 12.5. The van der Waals surface area contributed by atoms with E-state index in [0.29, 0.717) is 17.8 Å². The molecule has 0 spiro atoms. The molecule has 1 heterocycles. The average molecular weight is 401 g/mol. The first kappa shape index (κ1) is 19.1. The number of aryl methyl sites for hydroxylation is 2. The molecule has 0 fully saturated rings. The molecule has 3 rings (SSSR count). The number of hydrogen-bond acceptors (Lipinski definition) is 4. The summed E-state index contributed by atoms with van der Waals surface area (Å²) in [7, 11) is -3.64. The first-order valence-corrected chi connectivity index (χ1v) is 10.7. The predicted octanol–water partition coefficient (Wildman–Crippen LogP) is 4.10. The highest BCUT2D eigenvalue weighted by Gasteiger charge is 2.16. The number of benzene rings is 2. The molecule has 0 atom stereocenters. The second kappa shape index (κ2) is 7.94. The van der Waals surface area contributed by atoms with Crippen molar-refractivity contribution in [1.29, 1.82) is 0 Å². The molecule has 1 aromatic heterocycles. The van der Waals surface area contributed by atoms with E-state index >= 15 is 0 Å². The van der Waals surface area contributed by atoms with E-state index in [1.807, 2.05) is 26.0 Å². The van der Waals surface area contributed by atoms with E-state index in [9.17, 15) is 13.2 Å². The first-order chi connectivity index (χ1) is 12.8. The topological polar surface area (TPSA) is 75.3 Å². The zero-order valence-electron chi connectivity index (χ0n) is 15.0. The molecule has 0 unspecified atom stereocenters. The number of rotatable bonds is 6. The van der Waals surface area contributed by atoms with Gasteiger partial charge in [0.15, 0.2) is 0 Å². The van der Waals surface area contributed by atoms with E-state index in [2.05, 4.69) is 16.1 Å². The number of sulfonamides is 1. The molecular weight excluding hydrogens is 380 g/mol. The lowest BCUT2D eigenvalue weighted by atomic mass is 10.1. The lowest BCUT2D eigenvalue weighted by Crippen LogP contribution is -2.23. The van der Waals surface area contributed by atoms with Crippen molar-refractivity contribution in [2.24, 2.45) is 0 Å². The minimum atomic E-state index is -3.64. The van der Waals surface area contributed by atoms with Gasteiger partial charge in [-0.25, -0.2) is 8.42 Å². The molecule has 27 heavy (non-hydrogen) atoms. The predicted molar refractivity (Wildman–Crippen MR) is 109 cm³/mol. The largest absolute Gasteiger partial charge is 0.348 e. The molecular formula is C20H20N2O3S2. The monoisotopic (exact) mass is 400 g/mol. The van der Waals surface area contributed by atoms with Crippen LogP contribution >= 0.6 is 11.3 Å². The van der Waals surface area contributed by atoms with Crippen molar-refractivity contribution in [2.75, 3.05) is 4.72 Å². The smallest absolute Gasteiger partial charge is 0.271 e. The normalized spacial score (nSPS) is 11.2. The minimum Gasteiger partial charge on any atom is -0.348 e. The SMILES string of the molecule is Cc1ccc(CNC(=O)c2cccc(NS(=O)(=O)c3cccs3)c2)c(C)c1. The van der Waals surface area contributed by atoms with Gasteiger partial charge in [-0.1, -0.05) is 35.9 Å². The maximum atomic E-state index is 12.5. The molecule has 0 saturated heterocycles. The van der Waals surface area contributed by atoms with Gasteiger partial charge in [0.05, 0.1) is 0 Å². The van der Waals surface area contributed by atoms with E-state index in [0.717, 1.165) is 22.5 Å². The van der Waals surface area contributed by atoms with Crippen molar-refractivity contribution < 1.29 is 13.2 Å². The maximum absolute atomic E-state index is 12.5. The minimum absolute atomic E-state index is 0.229. The molecule has 0 bridgehead atoms. The standard InChI is InChI=1S/C20H20N2O3S2/c1-14-8-9-17(15(2)11-14)13-21-20(23)16-5-3-6-18(12-16)22-27(24,25)19-7-4-10-26-19/h3-12,22H,13H2,1-2H3,(H,21,23). The van der Waals surface area contributed by atoms with Crippen LogP contribution in [0.25, 0.3) is 0 Å². The Bertz CT molecular complexity index is 1060. The highest BCUT2D eigenvalue weighted by atomic mass is 32.2. The van der Waals surface area contributed by atoms with Crippen LogP contribution in [0.1, 0.15) is 27.0 Å². The fourth-order valence-corrected chi connectivity index (χ4v) is 4.71. The third-order valence-corrected chi connectivity index (χ3v) is 6.85. The molecule has 7 heteroatoms. The van der Waals surface area contributed by atoms with E-state index in [1.54, 1.807) is 29.6 Å². The zero-order valence-corrected chi connectivity index (χ0v) is 16.7. The van der Waals surface area contributed by atoms with Gasteiger partial charge >= 0.3 is 0 Å². The van der Waals surface area contributed by atoms with Crippen LogP contribution < -0.4 is 10.0 Å². The summed E-state index contributed by atoms with van der Waals surface area (Å²) < 4.78 is 27.4. The molecule has 0 radical (unpaired) electrons. The number of amides is 1. The lowest BCUT2D eigenvalue weighted by Gasteiger charge is -2.10. The summed E-state index contributed by atoms with van der Waals surface area (Å²) in [6, 6.07) is 15.7. The van der Waals surface area contributed by atoms with Crippen LogP contribution in [0.4, 0.5) is 5.69 Å². The van der Waals surface area contributed by atoms with Gasteiger partial charge < -0.3 is 5.32 Å². The second-order valence-corrected chi connectivity index (χ2v) is 9.09. The van der Waals surface area contributed by atoms with Gasteiger partial charge in [0.1, 0.15) is 4.21 Å². The van der Waals surface area contributed by atoms with E-state index in [4.69, 9.17) is 0 Å². The summed E-state index contributed by atoms with van der Waals surface area (Å²) in [5.74, 6) is -0.257. The fourth-order valence-electron chi connectivity index (χ4n) is 2.67. The van der Waals surface area contributed by atoms with Gasteiger partial charge in [-0.15, -0.1) is 11.3 Å². The zero-order chi connectivity index (χ0) is 19.4. The Morgan fingerprint density at radius 1 is 1.04 bits per heavy atom. The summed E-state index contributed by atoms with van der Waals surface area (Å²) in [6.07, 6.45) is 0. The van der Waals surface area contributed by atoms with Gasteiger partial charge in [0.25, 0.3) is 15.9 Å². The van der Waals surface area contributed by atoms with Crippen molar-refractivity contribution in [2.45, 2.75) is 24.6 Å². The molecule has 1 amide bonds. The van der Waals surface area contributed by atoms with Crippen LogP contribution in [-0.4, -0.2) is 14.3 Å². The van der Waals surface area contributed by atoms with Crippen LogP contribution in [0.3, 0.4) is 0 Å². The molecule has 5 nitrogen and oxygen atoms in total. The average Bonchev–Trinajstić information content (AvgIpc) is 3.16. The van der Waals surface area contributed by atoms with Crippen molar-refractivity contribution in [3.05, 3.63) is 82.2 Å². The molecule has 2 aromatic carbocycles. The quantitative estimate of drug-likeness (QED) is 0.654. The molecule has 0 aliphatic heterocycles. The molecule has 140 valence electrons. The Morgan fingerprint density at radius 3 is 2.56 bits per heavy atom. The maximum Gasteiger partial charge on any atom is 0.271 e. The number of carbonyl (C=O) groups is 1. The van der Waals surface area contributed by atoms with Gasteiger partial charge in [-0.2, -0.15) is 0 Å². The van der Waals surface area contributed by atoms with Crippen LogP contribution in [-0.2, 0) is 16.6 Å². The van der Waals surface area contributed by atoms with Crippen LogP contribution in [0.5, 0.6) is 0 Å². The highest BCUT2D eigenvalue weighted by molar-refractivity contribution is 7.94. The summed E-state index contributed by atoms with van der Waals surface area (Å²) >= 11 is 1.14. The summed E-state index contributed by atoms with van der Waals surface area (Å²) in [6.45, 7) is 4.45. The lowest BCUT2D eigenvalue weighted by molar-refractivity contribution is 0.0951. The first-order valence-electron chi connectivity index (χ1n) is 8.36. The highest BCUT2D eigenvalue weighted by Crippen LogP contribution is 2.21. The fraction of sp³-hybridized carbons (Fsp3) is 0.150. The van der Waals surface area contributed by atoms with Crippen molar-refractivity contribution in [3.63, 3.8) is 0 Å². The van der Waals surface area contributed by atoms with E-state index in [-0.39, 0.29) is 10.1 Å².